The predicted octanol–water partition coefficient (Wildman–Crippen LogP) is 4.57. The van der Waals surface area contributed by atoms with E-state index in [4.69, 9.17) is 0 Å². The van der Waals surface area contributed by atoms with Gasteiger partial charge >= 0.3 is 6.18 Å². The average Bonchev–Trinajstić information content (AvgIpc) is 2.56. The van der Waals surface area contributed by atoms with Crippen molar-refractivity contribution < 1.29 is 17.4 Å². The lowest BCUT2D eigenvalue weighted by Gasteiger charge is -2.23. The highest BCUT2D eigenvalue weighted by molar-refractivity contribution is 7.85. The first kappa shape index (κ1) is 17.9. The minimum atomic E-state index is -4.43. The van der Waals surface area contributed by atoms with Crippen LogP contribution in [0.5, 0.6) is 0 Å². The van der Waals surface area contributed by atoms with E-state index in [1.807, 2.05) is 37.2 Å². The quantitative estimate of drug-likeness (QED) is 0.678. The molecule has 2 nitrogen and oxygen atoms in total. The van der Waals surface area contributed by atoms with E-state index in [-0.39, 0.29) is 0 Å². The summed E-state index contributed by atoms with van der Waals surface area (Å²) in [7, 11) is 2.41. The van der Waals surface area contributed by atoms with Crippen molar-refractivity contribution in [1.29, 1.82) is 0 Å². The molecule has 0 radical (unpaired) electrons. The number of halogens is 3. The number of benzene rings is 2. The molecule has 3 rings (SSSR count). The summed E-state index contributed by atoms with van der Waals surface area (Å²) in [5.74, 6) is 0. The third-order valence-corrected chi connectivity index (χ3v) is 5.61. The van der Waals surface area contributed by atoms with Crippen molar-refractivity contribution in [2.24, 2.45) is 0 Å². The summed E-state index contributed by atoms with van der Waals surface area (Å²) in [6.45, 7) is 0.781. The summed E-state index contributed by atoms with van der Waals surface area (Å²) >= 11 is 0. The molecule has 1 heterocycles. The molecule has 1 aliphatic heterocycles. The number of alkyl halides is 3. The Balaban J connectivity index is 2.17. The molecule has 25 heavy (non-hydrogen) atoms. The molecule has 0 fully saturated rings. The molecule has 0 N–H and O–H groups in total. The first-order valence-electron chi connectivity index (χ1n) is 7.86. The minimum absolute atomic E-state index is 0.408. The fraction of sp³-hybridized carbons (Fsp3) is 0.263. The van der Waals surface area contributed by atoms with Crippen LogP contribution < -0.4 is 0 Å². The van der Waals surface area contributed by atoms with Gasteiger partial charge < -0.3 is 4.90 Å². The van der Waals surface area contributed by atoms with Gasteiger partial charge in [0.15, 0.2) is 0 Å². The summed E-state index contributed by atoms with van der Waals surface area (Å²) in [5.41, 5.74) is 1.15. The van der Waals surface area contributed by atoms with Crippen LogP contribution in [0.4, 0.5) is 13.2 Å². The summed E-state index contributed by atoms with van der Waals surface area (Å²) in [5, 5.41) is 0. The molecule has 2 aromatic carbocycles. The van der Waals surface area contributed by atoms with Crippen LogP contribution in [-0.2, 0) is 17.0 Å². The molecule has 0 saturated carbocycles. The van der Waals surface area contributed by atoms with Gasteiger partial charge in [-0.2, -0.15) is 13.2 Å². The van der Waals surface area contributed by atoms with E-state index in [0.29, 0.717) is 21.8 Å². The first-order valence-corrected chi connectivity index (χ1v) is 9.01. The Morgan fingerprint density at radius 1 is 1.04 bits per heavy atom. The van der Waals surface area contributed by atoms with Gasteiger partial charge in [-0.1, -0.05) is 24.3 Å². The van der Waals surface area contributed by atoms with Gasteiger partial charge in [0.25, 0.3) is 0 Å². The topological polar surface area (TPSA) is 20.3 Å². The normalized spacial score (nSPS) is 18.3. The summed E-state index contributed by atoms with van der Waals surface area (Å²) in [4.78, 5) is 3.09. The highest BCUT2D eigenvalue weighted by Crippen LogP contribution is 2.41. The van der Waals surface area contributed by atoms with E-state index >= 15 is 0 Å². The molecular weight excluding hydrogens is 347 g/mol. The lowest BCUT2D eigenvalue weighted by Crippen LogP contribution is -2.14. The van der Waals surface area contributed by atoms with Gasteiger partial charge in [0.2, 0.25) is 0 Å². The minimum Gasteiger partial charge on any atom is -0.309 e. The van der Waals surface area contributed by atoms with Gasteiger partial charge in [-0.3, -0.25) is 0 Å². The Labute approximate surface area is 147 Å². The maximum Gasteiger partial charge on any atom is 0.416 e. The van der Waals surface area contributed by atoms with E-state index in [9.17, 15) is 17.4 Å². The molecule has 2 aromatic rings. The van der Waals surface area contributed by atoms with E-state index in [1.54, 1.807) is 12.1 Å². The van der Waals surface area contributed by atoms with Crippen molar-refractivity contribution in [3.05, 3.63) is 65.2 Å². The summed E-state index contributed by atoms with van der Waals surface area (Å²) < 4.78 is 52.2. The molecule has 1 unspecified atom stereocenters. The molecule has 0 saturated heterocycles. The van der Waals surface area contributed by atoms with Crippen LogP contribution in [0.15, 0.2) is 58.3 Å². The molecular formula is C19H18F3NOS. The monoisotopic (exact) mass is 365 g/mol. The zero-order chi connectivity index (χ0) is 18.2. The molecule has 0 aliphatic carbocycles. The predicted molar refractivity (Wildman–Crippen MR) is 92.8 cm³/mol. The van der Waals surface area contributed by atoms with Crippen LogP contribution in [0.3, 0.4) is 0 Å². The summed E-state index contributed by atoms with van der Waals surface area (Å²) in [6, 6.07) is 10.7. The van der Waals surface area contributed by atoms with Crippen LogP contribution in [-0.4, -0.2) is 29.7 Å². The molecule has 6 heteroatoms. The largest absolute Gasteiger partial charge is 0.416 e. The van der Waals surface area contributed by atoms with Crippen LogP contribution >= 0.6 is 0 Å². The lowest BCUT2D eigenvalue weighted by atomic mass is 9.94. The number of fused-ring (bicyclic) bond motifs is 2. The number of nitrogens with zero attached hydrogens (tertiary/aromatic N) is 1. The molecule has 1 aliphatic rings. The maximum atomic E-state index is 13.1. The lowest BCUT2D eigenvalue weighted by molar-refractivity contribution is -0.137. The molecule has 1 atom stereocenters. The Morgan fingerprint density at radius 3 is 2.40 bits per heavy atom. The molecule has 0 aromatic heterocycles. The van der Waals surface area contributed by atoms with Crippen LogP contribution in [0.2, 0.25) is 0 Å². The highest BCUT2D eigenvalue weighted by atomic mass is 32.2. The smallest absolute Gasteiger partial charge is 0.309 e. The zero-order valence-corrected chi connectivity index (χ0v) is 14.7. The van der Waals surface area contributed by atoms with E-state index in [2.05, 4.69) is 0 Å². The van der Waals surface area contributed by atoms with E-state index < -0.39 is 22.5 Å². The van der Waals surface area contributed by atoms with Crippen molar-refractivity contribution in [2.75, 3.05) is 20.6 Å². The molecule has 0 spiro atoms. The van der Waals surface area contributed by atoms with Gasteiger partial charge in [0.05, 0.1) is 26.2 Å². The molecule has 132 valence electrons. The SMILES string of the molecule is CN(C)CC/C=C1\c2ccccc2S(=O)c2ccc(C(F)(F)F)cc21. The van der Waals surface area contributed by atoms with Crippen molar-refractivity contribution in [3.63, 3.8) is 0 Å². The summed E-state index contributed by atoms with van der Waals surface area (Å²) in [6.07, 6.45) is -1.80. The van der Waals surface area contributed by atoms with Crippen molar-refractivity contribution >= 4 is 16.4 Å². The fourth-order valence-electron chi connectivity index (χ4n) is 2.88. The number of hydrogen-bond acceptors (Lipinski definition) is 2. The van der Waals surface area contributed by atoms with Gasteiger partial charge in [0.1, 0.15) is 0 Å². The van der Waals surface area contributed by atoms with Crippen LogP contribution in [0.1, 0.15) is 23.1 Å². The standard InChI is InChI=1S/C19H18F3NOS/c1-23(2)11-5-7-14-15-6-3-4-8-17(15)25(24)18-10-9-13(12-16(14)18)19(20,21)22/h3-4,6-10,12H,5,11H2,1-2H3/b14-7+. The second-order valence-electron chi connectivity index (χ2n) is 6.18. The van der Waals surface area contributed by atoms with Crippen molar-refractivity contribution in [1.82, 2.24) is 4.90 Å². The van der Waals surface area contributed by atoms with Gasteiger partial charge in [0, 0.05) is 6.54 Å². The Morgan fingerprint density at radius 2 is 1.72 bits per heavy atom. The fourth-order valence-corrected chi connectivity index (χ4v) is 4.26. The molecule has 0 amide bonds. The second-order valence-corrected chi connectivity index (χ2v) is 7.60. The maximum absolute atomic E-state index is 13.1. The first-order chi connectivity index (χ1) is 11.8. The van der Waals surface area contributed by atoms with E-state index in [0.717, 1.165) is 29.8 Å². The number of rotatable bonds is 3. The Kier molecular flexibility index (Phi) is 4.84. The molecule has 0 bridgehead atoms. The second kappa shape index (κ2) is 6.77. The third kappa shape index (κ3) is 3.55. The third-order valence-electron chi connectivity index (χ3n) is 4.10. The van der Waals surface area contributed by atoms with Gasteiger partial charge in [-0.05, 0) is 61.5 Å². The van der Waals surface area contributed by atoms with Crippen LogP contribution in [0.25, 0.3) is 5.57 Å². The Hall–Kier alpha value is -1.92. The van der Waals surface area contributed by atoms with Crippen molar-refractivity contribution in [2.45, 2.75) is 22.4 Å². The van der Waals surface area contributed by atoms with Crippen molar-refractivity contribution in [3.8, 4) is 0 Å². The number of hydrogen-bond donors (Lipinski definition) is 0. The van der Waals surface area contributed by atoms with Gasteiger partial charge in [-0.15, -0.1) is 0 Å². The average molecular weight is 365 g/mol. The van der Waals surface area contributed by atoms with E-state index in [1.165, 1.54) is 6.07 Å². The van der Waals surface area contributed by atoms with Gasteiger partial charge in [-0.25, -0.2) is 4.21 Å². The Bertz CT molecular complexity index is 856. The highest BCUT2D eigenvalue weighted by Gasteiger charge is 2.33. The van der Waals surface area contributed by atoms with Crippen LogP contribution in [0, 0.1) is 0 Å². The zero-order valence-electron chi connectivity index (χ0n) is 13.9.